The lowest BCUT2D eigenvalue weighted by Crippen LogP contribution is -2.18. The fourth-order valence-electron chi connectivity index (χ4n) is 2.12. The summed E-state index contributed by atoms with van der Waals surface area (Å²) in [6.45, 7) is 0. The molecule has 2 N–H and O–H groups in total. The summed E-state index contributed by atoms with van der Waals surface area (Å²) in [6, 6.07) is 2.25. The van der Waals surface area contributed by atoms with Crippen LogP contribution in [0.15, 0.2) is 10.6 Å². The van der Waals surface area contributed by atoms with Gasteiger partial charge in [0, 0.05) is 11.2 Å². The number of thioether (sulfide) groups is 1. The van der Waals surface area contributed by atoms with Crippen LogP contribution in [0.3, 0.4) is 0 Å². The van der Waals surface area contributed by atoms with Gasteiger partial charge in [0.2, 0.25) is 0 Å². The molecule has 3 heteroatoms. The number of nitriles is 1. The first-order chi connectivity index (χ1) is 5.83. The van der Waals surface area contributed by atoms with Crippen LogP contribution in [-0.2, 0) is 0 Å². The molecule has 2 unspecified atom stereocenters. The van der Waals surface area contributed by atoms with Crippen LogP contribution in [0.5, 0.6) is 0 Å². The number of fused-ring (bicyclic) bond motifs is 1. The first-order valence-corrected chi connectivity index (χ1v) is 5.27. The maximum Gasteiger partial charge on any atom is 0.0977 e. The zero-order valence-electron chi connectivity index (χ0n) is 6.92. The number of allylic oxidation sites excluding steroid dienone is 1. The highest BCUT2D eigenvalue weighted by atomic mass is 32.2. The maximum absolute atomic E-state index is 8.87. The minimum Gasteiger partial charge on any atom is -0.393 e. The normalized spacial score (nSPS) is 34.6. The smallest absolute Gasteiger partial charge is 0.0977 e. The average Bonchev–Trinajstić information content (AvgIpc) is 2.40. The third-order valence-electron chi connectivity index (χ3n) is 2.74. The number of nitrogens with two attached hydrogens (primary N) is 1. The molecule has 1 aliphatic heterocycles. The van der Waals surface area contributed by atoms with Crippen molar-refractivity contribution in [3.05, 3.63) is 10.6 Å². The second-order valence-corrected chi connectivity index (χ2v) is 4.72. The van der Waals surface area contributed by atoms with Gasteiger partial charge in [-0.3, -0.25) is 0 Å². The number of hydrogen-bond acceptors (Lipinski definition) is 3. The van der Waals surface area contributed by atoms with E-state index in [-0.39, 0.29) is 0 Å². The van der Waals surface area contributed by atoms with Gasteiger partial charge in [-0.15, -0.1) is 11.8 Å². The van der Waals surface area contributed by atoms with Crippen molar-refractivity contribution in [3.63, 3.8) is 0 Å². The van der Waals surface area contributed by atoms with Gasteiger partial charge in [0.1, 0.15) is 0 Å². The predicted octanol–water partition coefficient (Wildman–Crippen LogP) is 1.99. The molecular formula is C9H12N2S. The molecule has 0 aromatic rings. The van der Waals surface area contributed by atoms with E-state index in [4.69, 9.17) is 11.0 Å². The van der Waals surface area contributed by atoms with Gasteiger partial charge < -0.3 is 5.73 Å². The molecule has 2 rings (SSSR count). The number of nitrogens with zero attached hydrogens (tertiary/aromatic N) is 1. The van der Waals surface area contributed by atoms with E-state index in [1.807, 2.05) is 0 Å². The van der Waals surface area contributed by atoms with Crippen LogP contribution in [0, 0.1) is 17.2 Å². The summed E-state index contributed by atoms with van der Waals surface area (Å²) in [5.41, 5.74) is 6.63. The molecule has 2 atom stereocenters. The highest BCUT2D eigenvalue weighted by molar-refractivity contribution is 8.03. The van der Waals surface area contributed by atoms with Crippen LogP contribution in [-0.4, -0.2) is 5.25 Å². The molecule has 1 saturated carbocycles. The highest BCUT2D eigenvalue weighted by Crippen LogP contribution is 2.46. The van der Waals surface area contributed by atoms with Crippen molar-refractivity contribution < 1.29 is 0 Å². The highest BCUT2D eigenvalue weighted by Gasteiger charge is 2.36. The Hall–Kier alpha value is -0.620. The third-order valence-corrected chi connectivity index (χ3v) is 4.08. The molecule has 12 heavy (non-hydrogen) atoms. The van der Waals surface area contributed by atoms with Crippen LogP contribution in [0.25, 0.3) is 0 Å². The van der Waals surface area contributed by atoms with Crippen LogP contribution >= 0.6 is 11.8 Å². The van der Waals surface area contributed by atoms with E-state index >= 15 is 0 Å². The Morgan fingerprint density at radius 2 is 2.17 bits per heavy atom. The van der Waals surface area contributed by atoms with Gasteiger partial charge in [0.25, 0.3) is 0 Å². The first kappa shape index (κ1) is 8.00. The standard InChI is InChI=1S/C9H12N2S/c10-5-7-6-3-1-2-4-8(6)12-9(7)11/h6,8H,1-4,11H2. The lowest BCUT2D eigenvalue weighted by atomic mass is 9.84. The van der Waals surface area contributed by atoms with Crippen molar-refractivity contribution in [3.8, 4) is 6.07 Å². The molecule has 1 fully saturated rings. The molecule has 1 heterocycles. The molecule has 2 aliphatic rings. The molecule has 0 aromatic carbocycles. The number of hydrogen-bond donors (Lipinski definition) is 1. The quantitative estimate of drug-likeness (QED) is 0.620. The van der Waals surface area contributed by atoms with E-state index < -0.39 is 0 Å². The Morgan fingerprint density at radius 3 is 2.92 bits per heavy atom. The van der Waals surface area contributed by atoms with Gasteiger partial charge in [0.05, 0.1) is 16.7 Å². The van der Waals surface area contributed by atoms with E-state index in [1.165, 1.54) is 25.7 Å². The first-order valence-electron chi connectivity index (χ1n) is 4.39. The third kappa shape index (κ3) is 1.11. The summed E-state index contributed by atoms with van der Waals surface area (Å²) < 4.78 is 0. The Morgan fingerprint density at radius 1 is 1.42 bits per heavy atom. The fraction of sp³-hybridized carbons (Fsp3) is 0.667. The summed E-state index contributed by atoms with van der Waals surface area (Å²) in [6.07, 6.45) is 4.98. The van der Waals surface area contributed by atoms with Crippen LogP contribution in [0.2, 0.25) is 0 Å². The molecule has 0 radical (unpaired) electrons. The lowest BCUT2D eigenvalue weighted by Gasteiger charge is -2.24. The second-order valence-electron chi connectivity index (χ2n) is 3.44. The maximum atomic E-state index is 8.87. The van der Waals surface area contributed by atoms with E-state index in [0.717, 1.165) is 10.6 Å². The Kier molecular flexibility index (Phi) is 2.02. The Balaban J connectivity index is 2.22. The molecule has 0 bridgehead atoms. The Bertz CT molecular complexity index is 264. The van der Waals surface area contributed by atoms with Crippen LogP contribution < -0.4 is 5.73 Å². The van der Waals surface area contributed by atoms with E-state index in [9.17, 15) is 0 Å². The van der Waals surface area contributed by atoms with Crippen molar-refractivity contribution in [2.75, 3.05) is 0 Å². The largest absolute Gasteiger partial charge is 0.393 e. The molecule has 0 saturated heterocycles. The summed E-state index contributed by atoms with van der Waals surface area (Å²) in [5, 5.41) is 10.3. The van der Waals surface area contributed by atoms with Crippen molar-refractivity contribution >= 4 is 11.8 Å². The van der Waals surface area contributed by atoms with Crippen molar-refractivity contribution in [1.29, 1.82) is 5.26 Å². The van der Waals surface area contributed by atoms with Gasteiger partial charge in [-0.05, 0) is 12.8 Å². The van der Waals surface area contributed by atoms with Gasteiger partial charge >= 0.3 is 0 Å². The zero-order valence-corrected chi connectivity index (χ0v) is 7.73. The van der Waals surface area contributed by atoms with Gasteiger partial charge in [0.15, 0.2) is 0 Å². The van der Waals surface area contributed by atoms with Crippen LogP contribution in [0.1, 0.15) is 25.7 Å². The summed E-state index contributed by atoms with van der Waals surface area (Å²) in [5.74, 6) is 0.480. The van der Waals surface area contributed by atoms with E-state index in [1.54, 1.807) is 11.8 Å². The van der Waals surface area contributed by atoms with E-state index in [2.05, 4.69) is 6.07 Å². The molecule has 64 valence electrons. The van der Waals surface area contributed by atoms with Crippen molar-refractivity contribution in [2.45, 2.75) is 30.9 Å². The molecule has 0 aromatic heterocycles. The average molecular weight is 180 g/mol. The van der Waals surface area contributed by atoms with Gasteiger partial charge in [-0.25, -0.2) is 0 Å². The monoisotopic (exact) mass is 180 g/mol. The number of rotatable bonds is 0. The molecule has 0 spiro atoms. The Labute approximate surface area is 76.8 Å². The fourth-order valence-corrected chi connectivity index (χ4v) is 3.49. The second kappa shape index (κ2) is 3.02. The molecule has 0 amide bonds. The SMILES string of the molecule is N#CC1=C(N)SC2CCCCC12. The zero-order chi connectivity index (χ0) is 8.55. The van der Waals surface area contributed by atoms with Crippen molar-refractivity contribution in [1.82, 2.24) is 0 Å². The van der Waals surface area contributed by atoms with Gasteiger partial charge in [-0.1, -0.05) is 12.8 Å². The van der Waals surface area contributed by atoms with Crippen molar-refractivity contribution in [2.24, 2.45) is 11.7 Å². The molecule has 1 aliphatic carbocycles. The molecular weight excluding hydrogens is 168 g/mol. The van der Waals surface area contributed by atoms with Crippen LogP contribution in [0.4, 0.5) is 0 Å². The molecule has 2 nitrogen and oxygen atoms in total. The minimum absolute atomic E-state index is 0.480. The summed E-state index contributed by atoms with van der Waals surface area (Å²) in [4.78, 5) is 0. The lowest BCUT2D eigenvalue weighted by molar-refractivity contribution is 0.427. The van der Waals surface area contributed by atoms with E-state index in [0.29, 0.717) is 11.2 Å². The van der Waals surface area contributed by atoms with Gasteiger partial charge in [-0.2, -0.15) is 5.26 Å². The summed E-state index contributed by atoms with van der Waals surface area (Å²) in [7, 11) is 0. The predicted molar refractivity (Wildman–Crippen MR) is 50.2 cm³/mol. The summed E-state index contributed by atoms with van der Waals surface area (Å²) >= 11 is 1.72. The topological polar surface area (TPSA) is 49.8 Å². The minimum atomic E-state index is 0.480.